The standard InChI is InChI=1S/C34H34Cl2FN3O4S/c1-34(2,3)38-33(42)31(21-24-11-6-4-7-12-24)39(22-28-29(35)15-10-16-30(28)36)32(41)23-40(26-13-8-5-9-14-26)45(43,44)27-19-17-25(37)18-20-27/h4-20,31H,21-23H2,1-3H3,(H,38,42)/t31-/m0/s1. The van der Waals surface area contributed by atoms with Crippen molar-refractivity contribution in [3.05, 3.63) is 130 Å². The van der Waals surface area contributed by atoms with Gasteiger partial charge < -0.3 is 10.2 Å². The number of benzene rings is 4. The summed E-state index contributed by atoms with van der Waals surface area (Å²) in [6.07, 6.45) is 0.132. The first kappa shape index (κ1) is 34.0. The molecule has 0 bridgehead atoms. The summed E-state index contributed by atoms with van der Waals surface area (Å²) < 4.78 is 42.6. The molecule has 0 aromatic heterocycles. The van der Waals surface area contributed by atoms with Crippen LogP contribution in [0.5, 0.6) is 0 Å². The first-order valence-electron chi connectivity index (χ1n) is 14.2. The number of nitrogens with zero attached hydrogens (tertiary/aromatic N) is 2. The van der Waals surface area contributed by atoms with Crippen molar-refractivity contribution in [2.45, 2.75) is 50.2 Å². The molecule has 0 spiro atoms. The minimum Gasteiger partial charge on any atom is -0.350 e. The fourth-order valence-electron chi connectivity index (χ4n) is 4.72. The molecule has 0 aliphatic carbocycles. The Morgan fingerprint density at radius 1 is 0.822 bits per heavy atom. The third-order valence-corrected chi connectivity index (χ3v) is 9.38. The van der Waals surface area contributed by atoms with Gasteiger partial charge in [0, 0.05) is 34.1 Å². The summed E-state index contributed by atoms with van der Waals surface area (Å²) in [4.78, 5) is 29.5. The Morgan fingerprint density at radius 3 is 1.93 bits per heavy atom. The van der Waals surface area contributed by atoms with E-state index < -0.39 is 45.8 Å². The van der Waals surface area contributed by atoms with Crippen LogP contribution in [0.15, 0.2) is 108 Å². The van der Waals surface area contributed by atoms with Crippen LogP contribution in [0.2, 0.25) is 10.0 Å². The molecule has 0 saturated carbocycles. The van der Waals surface area contributed by atoms with Gasteiger partial charge >= 0.3 is 0 Å². The molecule has 0 aliphatic heterocycles. The molecule has 0 saturated heterocycles. The highest BCUT2D eigenvalue weighted by molar-refractivity contribution is 7.92. The second-order valence-electron chi connectivity index (χ2n) is 11.5. The topological polar surface area (TPSA) is 86.8 Å². The molecule has 0 unspecified atom stereocenters. The summed E-state index contributed by atoms with van der Waals surface area (Å²) in [5.74, 6) is -1.71. The van der Waals surface area contributed by atoms with Crippen molar-refractivity contribution >= 4 is 50.7 Å². The van der Waals surface area contributed by atoms with E-state index in [0.29, 0.717) is 5.56 Å². The van der Waals surface area contributed by atoms with Gasteiger partial charge in [-0.2, -0.15) is 0 Å². The Bertz CT molecular complexity index is 1710. The lowest BCUT2D eigenvalue weighted by Gasteiger charge is -2.35. The van der Waals surface area contributed by atoms with E-state index in [9.17, 15) is 22.4 Å². The maximum Gasteiger partial charge on any atom is 0.264 e. The van der Waals surface area contributed by atoms with Crippen molar-refractivity contribution in [1.29, 1.82) is 0 Å². The first-order valence-corrected chi connectivity index (χ1v) is 16.4. The zero-order chi connectivity index (χ0) is 32.8. The van der Waals surface area contributed by atoms with E-state index in [1.165, 1.54) is 4.90 Å². The Morgan fingerprint density at radius 2 is 1.38 bits per heavy atom. The third kappa shape index (κ3) is 8.84. The molecule has 1 N–H and O–H groups in total. The van der Waals surface area contributed by atoms with E-state index >= 15 is 0 Å². The normalized spacial score (nSPS) is 12.3. The zero-order valence-corrected chi connectivity index (χ0v) is 27.4. The van der Waals surface area contributed by atoms with Crippen LogP contribution < -0.4 is 9.62 Å². The summed E-state index contributed by atoms with van der Waals surface area (Å²) in [6, 6.07) is 25.5. The molecule has 1 atom stereocenters. The highest BCUT2D eigenvalue weighted by atomic mass is 35.5. The predicted molar refractivity (Wildman–Crippen MR) is 176 cm³/mol. The molecular weight excluding hydrogens is 636 g/mol. The minimum atomic E-state index is -4.36. The van der Waals surface area contributed by atoms with Gasteiger partial charge in [-0.3, -0.25) is 13.9 Å². The van der Waals surface area contributed by atoms with E-state index in [1.54, 1.807) is 48.5 Å². The fourth-order valence-corrected chi connectivity index (χ4v) is 6.65. The van der Waals surface area contributed by atoms with Crippen LogP contribution in [0.1, 0.15) is 31.9 Å². The van der Waals surface area contributed by atoms with Crippen LogP contribution in [-0.2, 0) is 32.6 Å². The number of hydrogen-bond donors (Lipinski definition) is 1. The van der Waals surface area contributed by atoms with Crippen molar-refractivity contribution in [2.24, 2.45) is 0 Å². The largest absolute Gasteiger partial charge is 0.350 e. The summed E-state index contributed by atoms with van der Waals surface area (Å²) >= 11 is 13.1. The molecular formula is C34H34Cl2FN3O4S. The number of carbonyl (C=O) groups is 2. The molecule has 7 nitrogen and oxygen atoms in total. The lowest BCUT2D eigenvalue weighted by atomic mass is 10.0. The maximum absolute atomic E-state index is 14.5. The zero-order valence-electron chi connectivity index (χ0n) is 25.1. The van der Waals surface area contributed by atoms with E-state index in [0.717, 1.165) is 34.1 Å². The minimum absolute atomic E-state index is 0.132. The van der Waals surface area contributed by atoms with Crippen molar-refractivity contribution < 1.29 is 22.4 Å². The molecule has 0 heterocycles. The average Bonchev–Trinajstić information content (AvgIpc) is 2.99. The highest BCUT2D eigenvalue weighted by Gasteiger charge is 2.36. The Kier molecular flexibility index (Phi) is 10.9. The van der Waals surface area contributed by atoms with E-state index in [4.69, 9.17) is 23.2 Å². The molecule has 0 aliphatic rings. The second kappa shape index (κ2) is 14.5. The predicted octanol–water partition coefficient (Wildman–Crippen LogP) is 6.88. The summed E-state index contributed by atoms with van der Waals surface area (Å²) in [7, 11) is -4.36. The monoisotopic (exact) mass is 669 g/mol. The van der Waals surface area contributed by atoms with Crippen LogP contribution in [0.3, 0.4) is 0 Å². The number of carbonyl (C=O) groups excluding carboxylic acids is 2. The third-order valence-electron chi connectivity index (χ3n) is 6.88. The lowest BCUT2D eigenvalue weighted by molar-refractivity contribution is -0.140. The van der Waals surface area contributed by atoms with Crippen LogP contribution in [0.25, 0.3) is 0 Å². The number of sulfonamides is 1. The molecule has 236 valence electrons. The molecule has 4 rings (SSSR count). The summed E-state index contributed by atoms with van der Waals surface area (Å²) in [5.41, 5.74) is 0.770. The number of hydrogen-bond acceptors (Lipinski definition) is 4. The van der Waals surface area contributed by atoms with Gasteiger partial charge in [0.1, 0.15) is 18.4 Å². The number of halogens is 3. The number of para-hydroxylation sites is 1. The van der Waals surface area contributed by atoms with Crippen molar-refractivity contribution in [3.63, 3.8) is 0 Å². The molecule has 0 fully saturated rings. The molecule has 45 heavy (non-hydrogen) atoms. The number of anilines is 1. The Labute approximate surface area is 273 Å². The lowest BCUT2D eigenvalue weighted by Crippen LogP contribution is -2.56. The fraction of sp³-hybridized carbons (Fsp3) is 0.235. The van der Waals surface area contributed by atoms with Gasteiger partial charge in [0.25, 0.3) is 10.0 Å². The van der Waals surface area contributed by atoms with Crippen molar-refractivity contribution in [2.75, 3.05) is 10.8 Å². The molecule has 11 heteroatoms. The Balaban J connectivity index is 1.83. The SMILES string of the molecule is CC(C)(C)NC(=O)[C@H](Cc1ccccc1)N(Cc1c(Cl)cccc1Cl)C(=O)CN(c1ccccc1)S(=O)(=O)c1ccc(F)cc1. The van der Waals surface area contributed by atoms with Gasteiger partial charge in [-0.15, -0.1) is 0 Å². The number of nitrogens with one attached hydrogen (secondary N) is 1. The van der Waals surface area contributed by atoms with E-state index in [1.807, 2.05) is 51.1 Å². The molecule has 4 aromatic carbocycles. The van der Waals surface area contributed by atoms with Crippen LogP contribution in [0.4, 0.5) is 10.1 Å². The van der Waals surface area contributed by atoms with Gasteiger partial charge in [0.05, 0.1) is 10.6 Å². The number of rotatable bonds is 11. The van der Waals surface area contributed by atoms with Gasteiger partial charge in [0.2, 0.25) is 11.8 Å². The Hall–Kier alpha value is -3.92. The van der Waals surface area contributed by atoms with Gasteiger partial charge in [-0.05, 0) is 74.9 Å². The van der Waals surface area contributed by atoms with Crippen molar-refractivity contribution in [1.82, 2.24) is 10.2 Å². The highest BCUT2D eigenvalue weighted by Crippen LogP contribution is 2.29. The quantitative estimate of drug-likeness (QED) is 0.189. The molecule has 2 amide bonds. The summed E-state index contributed by atoms with van der Waals surface area (Å²) in [6.45, 7) is 4.64. The smallest absolute Gasteiger partial charge is 0.264 e. The molecule has 0 radical (unpaired) electrons. The average molecular weight is 671 g/mol. The van der Waals surface area contributed by atoms with Crippen LogP contribution in [-0.4, -0.2) is 43.3 Å². The second-order valence-corrected chi connectivity index (χ2v) is 14.1. The first-order chi connectivity index (χ1) is 21.3. The van der Waals surface area contributed by atoms with Crippen molar-refractivity contribution in [3.8, 4) is 0 Å². The van der Waals surface area contributed by atoms with E-state index in [-0.39, 0.29) is 33.6 Å². The molecule has 4 aromatic rings. The van der Waals surface area contributed by atoms with Gasteiger partial charge in [0.15, 0.2) is 0 Å². The van der Waals surface area contributed by atoms with Crippen LogP contribution in [0, 0.1) is 5.82 Å². The maximum atomic E-state index is 14.5. The number of amides is 2. The summed E-state index contributed by atoms with van der Waals surface area (Å²) in [5, 5.41) is 3.54. The van der Waals surface area contributed by atoms with E-state index in [2.05, 4.69) is 5.32 Å². The van der Waals surface area contributed by atoms with Crippen LogP contribution >= 0.6 is 23.2 Å². The van der Waals surface area contributed by atoms with Gasteiger partial charge in [-0.25, -0.2) is 12.8 Å². The van der Waals surface area contributed by atoms with Gasteiger partial charge in [-0.1, -0.05) is 77.8 Å².